The summed E-state index contributed by atoms with van der Waals surface area (Å²) in [4.78, 5) is 14.3. The quantitative estimate of drug-likeness (QED) is 0.562. The molecule has 1 fully saturated rings. The summed E-state index contributed by atoms with van der Waals surface area (Å²) in [6.07, 6.45) is 1.94. The van der Waals surface area contributed by atoms with E-state index in [0.29, 0.717) is 15.6 Å². The van der Waals surface area contributed by atoms with Gasteiger partial charge >= 0.3 is 5.63 Å². The fraction of sp³-hybridized carbons (Fsp3) is 0.318. The SMILES string of the molecule is COc1ccc2oc(=O)cc(NC3CCN(Cc4cc(Cl)cc(Cl)c4)CC3)c2c1. The zero-order valence-corrected chi connectivity index (χ0v) is 17.6. The maximum absolute atomic E-state index is 11.9. The normalized spacial score (nSPS) is 15.6. The Balaban J connectivity index is 1.44. The van der Waals surface area contributed by atoms with Crippen LogP contribution in [0.5, 0.6) is 5.75 Å². The third kappa shape index (κ3) is 4.86. The molecule has 0 unspecified atom stereocenters. The second-order valence-electron chi connectivity index (χ2n) is 7.31. The van der Waals surface area contributed by atoms with Gasteiger partial charge in [-0.2, -0.15) is 0 Å². The minimum Gasteiger partial charge on any atom is -0.497 e. The Labute approximate surface area is 179 Å². The third-order valence-electron chi connectivity index (χ3n) is 5.23. The summed E-state index contributed by atoms with van der Waals surface area (Å²) in [6, 6.07) is 12.9. The van der Waals surface area contributed by atoms with E-state index in [0.717, 1.165) is 54.9 Å². The van der Waals surface area contributed by atoms with Gasteiger partial charge in [-0.05, 0) is 54.8 Å². The van der Waals surface area contributed by atoms with Crippen molar-refractivity contribution in [2.45, 2.75) is 25.4 Å². The molecule has 0 saturated carbocycles. The predicted molar refractivity (Wildman–Crippen MR) is 117 cm³/mol. The highest BCUT2D eigenvalue weighted by atomic mass is 35.5. The molecule has 0 bridgehead atoms. The number of anilines is 1. The van der Waals surface area contributed by atoms with Gasteiger partial charge in [-0.3, -0.25) is 4.90 Å². The van der Waals surface area contributed by atoms with E-state index in [2.05, 4.69) is 10.2 Å². The van der Waals surface area contributed by atoms with Crippen molar-refractivity contribution in [3.8, 4) is 5.75 Å². The van der Waals surface area contributed by atoms with Crippen LogP contribution >= 0.6 is 23.2 Å². The van der Waals surface area contributed by atoms with Crippen LogP contribution in [0.25, 0.3) is 11.0 Å². The standard InChI is InChI=1S/C22H22Cl2N2O3/c1-28-18-2-3-21-19(11-18)20(12-22(27)29-21)25-17-4-6-26(7-5-17)13-14-8-15(23)10-16(24)9-14/h2-3,8-12,17,25H,4-7,13H2,1H3. The zero-order chi connectivity index (χ0) is 20.4. The van der Waals surface area contributed by atoms with Crippen LogP contribution in [0.15, 0.2) is 51.7 Å². The Morgan fingerprint density at radius 1 is 1.10 bits per heavy atom. The number of fused-ring (bicyclic) bond motifs is 1. The lowest BCUT2D eigenvalue weighted by molar-refractivity contribution is 0.211. The molecule has 0 amide bonds. The highest BCUT2D eigenvalue weighted by molar-refractivity contribution is 6.34. The van der Waals surface area contributed by atoms with Gasteiger partial charge in [-0.1, -0.05) is 23.2 Å². The number of benzene rings is 2. The van der Waals surface area contributed by atoms with Crippen LogP contribution in [0.2, 0.25) is 10.0 Å². The number of methoxy groups -OCH3 is 1. The van der Waals surface area contributed by atoms with Crippen molar-refractivity contribution in [1.29, 1.82) is 0 Å². The van der Waals surface area contributed by atoms with E-state index in [1.165, 1.54) is 6.07 Å². The number of likely N-dealkylation sites (tertiary alicyclic amines) is 1. The van der Waals surface area contributed by atoms with E-state index in [9.17, 15) is 4.79 Å². The number of nitrogens with zero attached hydrogens (tertiary/aromatic N) is 1. The highest BCUT2D eigenvalue weighted by Crippen LogP contribution is 2.28. The Morgan fingerprint density at radius 3 is 2.52 bits per heavy atom. The fourth-order valence-corrected chi connectivity index (χ4v) is 4.38. The van der Waals surface area contributed by atoms with E-state index in [1.54, 1.807) is 25.3 Å². The van der Waals surface area contributed by atoms with E-state index in [1.807, 2.05) is 18.2 Å². The van der Waals surface area contributed by atoms with Crippen LogP contribution < -0.4 is 15.7 Å². The van der Waals surface area contributed by atoms with Crippen molar-refractivity contribution < 1.29 is 9.15 Å². The van der Waals surface area contributed by atoms with Crippen molar-refractivity contribution >= 4 is 39.9 Å². The molecule has 0 atom stereocenters. The van der Waals surface area contributed by atoms with Crippen molar-refractivity contribution in [3.63, 3.8) is 0 Å². The molecule has 1 saturated heterocycles. The molecule has 2 aromatic carbocycles. The molecule has 1 aromatic heterocycles. The molecule has 0 aliphatic carbocycles. The van der Waals surface area contributed by atoms with Crippen LogP contribution in [0.3, 0.4) is 0 Å². The summed E-state index contributed by atoms with van der Waals surface area (Å²) in [5.74, 6) is 0.726. The van der Waals surface area contributed by atoms with Crippen molar-refractivity contribution in [2.24, 2.45) is 0 Å². The van der Waals surface area contributed by atoms with Gasteiger partial charge in [0.25, 0.3) is 0 Å². The van der Waals surface area contributed by atoms with Crippen molar-refractivity contribution in [1.82, 2.24) is 4.90 Å². The molecule has 29 heavy (non-hydrogen) atoms. The minimum absolute atomic E-state index is 0.283. The minimum atomic E-state index is -0.361. The Morgan fingerprint density at radius 2 is 1.83 bits per heavy atom. The highest BCUT2D eigenvalue weighted by Gasteiger charge is 2.20. The fourth-order valence-electron chi connectivity index (χ4n) is 3.80. The van der Waals surface area contributed by atoms with Crippen molar-refractivity contribution in [2.75, 3.05) is 25.5 Å². The summed E-state index contributed by atoms with van der Waals surface area (Å²) in [5.41, 5.74) is 2.10. The number of piperidine rings is 1. The first-order chi connectivity index (χ1) is 14.0. The average Bonchev–Trinajstić information content (AvgIpc) is 2.68. The van der Waals surface area contributed by atoms with Crippen molar-refractivity contribution in [3.05, 3.63) is 68.5 Å². The van der Waals surface area contributed by atoms with Gasteiger partial charge in [-0.15, -0.1) is 0 Å². The van der Waals surface area contributed by atoms with Crippen LogP contribution in [0.1, 0.15) is 18.4 Å². The Kier molecular flexibility index (Phi) is 5.99. The Bertz CT molecular complexity index is 1060. The second kappa shape index (κ2) is 8.66. The van der Waals surface area contributed by atoms with E-state index in [4.69, 9.17) is 32.4 Å². The molecule has 152 valence electrons. The molecule has 1 aliphatic rings. The molecule has 5 nitrogen and oxygen atoms in total. The molecule has 3 aromatic rings. The van der Waals surface area contributed by atoms with Gasteiger partial charge in [0.1, 0.15) is 11.3 Å². The molecule has 0 radical (unpaired) electrons. The smallest absolute Gasteiger partial charge is 0.338 e. The number of hydrogen-bond acceptors (Lipinski definition) is 5. The van der Waals surface area contributed by atoms with Gasteiger partial charge in [0.15, 0.2) is 0 Å². The number of nitrogens with one attached hydrogen (secondary N) is 1. The van der Waals surface area contributed by atoms with Gasteiger partial charge < -0.3 is 14.5 Å². The zero-order valence-electron chi connectivity index (χ0n) is 16.1. The number of halogens is 2. The van der Waals surface area contributed by atoms with Crippen LogP contribution in [-0.2, 0) is 6.54 Å². The van der Waals surface area contributed by atoms with Crippen LogP contribution in [0, 0.1) is 0 Å². The molecular formula is C22H22Cl2N2O3. The maximum Gasteiger partial charge on any atom is 0.338 e. The first-order valence-corrected chi connectivity index (χ1v) is 10.3. The lowest BCUT2D eigenvalue weighted by atomic mass is 10.0. The number of hydrogen-bond donors (Lipinski definition) is 1. The molecule has 4 rings (SSSR count). The summed E-state index contributed by atoms with van der Waals surface area (Å²) < 4.78 is 10.6. The number of ether oxygens (including phenoxy) is 1. The lowest BCUT2D eigenvalue weighted by Gasteiger charge is -2.33. The molecule has 1 aliphatic heterocycles. The predicted octanol–water partition coefficient (Wildman–Crippen LogP) is 5.18. The molecule has 0 spiro atoms. The summed E-state index contributed by atoms with van der Waals surface area (Å²) in [6.45, 7) is 2.72. The topological polar surface area (TPSA) is 54.7 Å². The summed E-state index contributed by atoms with van der Waals surface area (Å²) in [7, 11) is 1.62. The van der Waals surface area contributed by atoms with Crippen LogP contribution in [-0.4, -0.2) is 31.1 Å². The Hall–Kier alpha value is -2.21. The monoisotopic (exact) mass is 432 g/mol. The number of rotatable bonds is 5. The largest absolute Gasteiger partial charge is 0.497 e. The first kappa shape index (κ1) is 20.1. The van der Waals surface area contributed by atoms with E-state index >= 15 is 0 Å². The average molecular weight is 433 g/mol. The van der Waals surface area contributed by atoms with E-state index in [-0.39, 0.29) is 11.7 Å². The lowest BCUT2D eigenvalue weighted by Crippen LogP contribution is -2.38. The van der Waals surface area contributed by atoms with E-state index < -0.39 is 0 Å². The summed E-state index contributed by atoms with van der Waals surface area (Å²) in [5, 5.41) is 5.70. The molecular weight excluding hydrogens is 411 g/mol. The second-order valence-corrected chi connectivity index (χ2v) is 8.19. The van der Waals surface area contributed by atoms with Gasteiger partial charge in [0, 0.05) is 47.2 Å². The molecule has 1 N–H and O–H groups in total. The molecule has 7 heteroatoms. The van der Waals surface area contributed by atoms with Gasteiger partial charge in [-0.25, -0.2) is 4.79 Å². The maximum atomic E-state index is 11.9. The van der Waals surface area contributed by atoms with Crippen LogP contribution in [0.4, 0.5) is 5.69 Å². The summed E-state index contributed by atoms with van der Waals surface area (Å²) >= 11 is 12.2. The molecule has 2 heterocycles. The first-order valence-electron chi connectivity index (χ1n) is 9.56. The van der Waals surface area contributed by atoms with Gasteiger partial charge in [0.05, 0.1) is 12.8 Å². The third-order valence-corrected chi connectivity index (χ3v) is 5.66. The van der Waals surface area contributed by atoms with Gasteiger partial charge in [0.2, 0.25) is 0 Å².